The molecule has 0 amide bonds. The molecule has 0 aliphatic carbocycles. The van der Waals surface area contributed by atoms with Crippen LogP contribution in [0.1, 0.15) is 37.6 Å². The standard InChI is InChI=1S/C9H14N2/c1-7(2)9-8-4-3-5-11(8)6-10-9/h6-7H,3-5H2,1-2H3. The lowest BCUT2D eigenvalue weighted by molar-refractivity contribution is 0.741. The van der Waals surface area contributed by atoms with Gasteiger partial charge in [-0.05, 0) is 18.8 Å². The lowest BCUT2D eigenvalue weighted by Gasteiger charge is -2.01. The molecule has 2 heteroatoms. The largest absolute Gasteiger partial charge is 0.334 e. The molecule has 2 nitrogen and oxygen atoms in total. The average Bonchev–Trinajstić information content (AvgIpc) is 2.41. The van der Waals surface area contributed by atoms with Gasteiger partial charge in [-0.1, -0.05) is 13.8 Å². The van der Waals surface area contributed by atoms with Crippen LogP contribution in [0.2, 0.25) is 0 Å². The second kappa shape index (κ2) is 2.36. The number of nitrogens with zero attached hydrogens (tertiary/aromatic N) is 2. The molecule has 1 aromatic heterocycles. The summed E-state index contributed by atoms with van der Waals surface area (Å²) in [5, 5.41) is 0. The van der Waals surface area contributed by atoms with E-state index in [1.807, 2.05) is 6.33 Å². The van der Waals surface area contributed by atoms with Crippen molar-refractivity contribution >= 4 is 0 Å². The Kier molecular flexibility index (Phi) is 1.48. The third-order valence-electron chi connectivity index (χ3n) is 2.34. The highest BCUT2D eigenvalue weighted by Crippen LogP contribution is 2.23. The van der Waals surface area contributed by atoms with Gasteiger partial charge in [-0.15, -0.1) is 0 Å². The predicted octanol–water partition coefficient (Wildman–Crippen LogP) is 1.95. The lowest BCUT2D eigenvalue weighted by Crippen LogP contribution is -1.94. The minimum absolute atomic E-state index is 0.587. The lowest BCUT2D eigenvalue weighted by atomic mass is 10.1. The van der Waals surface area contributed by atoms with E-state index in [1.54, 1.807) is 0 Å². The van der Waals surface area contributed by atoms with Crippen molar-refractivity contribution in [3.05, 3.63) is 17.7 Å². The van der Waals surface area contributed by atoms with Crippen molar-refractivity contribution in [2.45, 2.75) is 39.2 Å². The van der Waals surface area contributed by atoms with Crippen LogP contribution in [-0.4, -0.2) is 9.55 Å². The molecule has 1 aliphatic heterocycles. The van der Waals surface area contributed by atoms with E-state index in [2.05, 4.69) is 23.4 Å². The minimum Gasteiger partial charge on any atom is -0.334 e. The maximum Gasteiger partial charge on any atom is 0.0951 e. The summed E-state index contributed by atoms with van der Waals surface area (Å²) in [6.45, 7) is 5.60. The molecule has 0 bridgehead atoms. The maximum atomic E-state index is 4.40. The Bertz CT molecular complexity index is 261. The Morgan fingerprint density at radius 2 is 2.36 bits per heavy atom. The Morgan fingerprint density at radius 3 is 3.09 bits per heavy atom. The quantitative estimate of drug-likeness (QED) is 0.598. The van der Waals surface area contributed by atoms with Crippen LogP contribution in [0, 0.1) is 0 Å². The fraction of sp³-hybridized carbons (Fsp3) is 0.667. The fourth-order valence-corrected chi connectivity index (χ4v) is 1.79. The highest BCUT2D eigenvalue weighted by molar-refractivity contribution is 5.19. The van der Waals surface area contributed by atoms with Crippen LogP contribution >= 0.6 is 0 Å². The van der Waals surface area contributed by atoms with Gasteiger partial charge in [0.15, 0.2) is 0 Å². The van der Waals surface area contributed by atoms with Crippen molar-refractivity contribution in [3.63, 3.8) is 0 Å². The summed E-state index contributed by atoms with van der Waals surface area (Å²) in [5.41, 5.74) is 2.78. The molecule has 0 aromatic carbocycles. The maximum absolute atomic E-state index is 4.40. The number of aromatic nitrogens is 2. The molecular weight excluding hydrogens is 136 g/mol. The minimum atomic E-state index is 0.587. The van der Waals surface area contributed by atoms with Gasteiger partial charge in [0.1, 0.15) is 0 Å². The monoisotopic (exact) mass is 150 g/mol. The summed E-state index contributed by atoms with van der Waals surface area (Å²) in [4.78, 5) is 4.40. The summed E-state index contributed by atoms with van der Waals surface area (Å²) in [7, 11) is 0. The third-order valence-corrected chi connectivity index (χ3v) is 2.34. The molecular formula is C9H14N2. The van der Waals surface area contributed by atoms with E-state index in [1.165, 1.54) is 30.8 Å². The van der Waals surface area contributed by atoms with Crippen LogP contribution in [0.15, 0.2) is 6.33 Å². The van der Waals surface area contributed by atoms with Crippen molar-refractivity contribution in [2.24, 2.45) is 0 Å². The molecule has 0 N–H and O–H groups in total. The van der Waals surface area contributed by atoms with Crippen molar-refractivity contribution in [1.82, 2.24) is 9.55 Å². The predicted molar refractivity (Wildman–Crippen MR) is 44.6 cm³/mol. The summed E-state index contributed by atoms with van der Waals surface area (Å²) in [6, 6.07) is 0. The molecule has 0 radical (unpaired) electrons. The van der Waals surface area contributed by atoms with E-state index in [9.17, 15) is 0 Å². The number of aryl methyl sites for hydroxylation is 1. The second-order valence-electron chi connectivity index (χ2n) is 3.53. The van der Waals surface area contributed by atoms with Gasteiger partial charge in [0.25, 0.3) is 0 Å². The highest BCUT2D eigenvalue weighted by atomic mass is 15.1. The fourth-order valence-electron chi connectivity index (χ4n) is 1.79. The van der Waals surface area contributed by atoms with Gasteiger partial charge in [-0.3, -0.25) is 0 Å². The van der Waals surface area contributed by atoms with Gasteiger partial charge >= 0.3 is 0 Å². The first-order valence-corrected chi connectivity index (χ1v) is 4.33. The zero-order valence-electron chi connectivity index (χ0n) is 7.17. The summed E-state index contributed by atoms with van der Waals surface area (Å²) >= 11 is 0. The Balaban J connectivity index is 2.42. The first-order chi connectivity index (χ1) is 5.29. The normalized spacial score (nSPS) is 15.9. The van der Waals surface area contributed by atoms with E-state index in [0.29, 0.717) is 5.92 Å². The van der Waals surface area contributed by atoms with Crippen molar-refractivity contribution in [1.29, 1.82) is 0 Å². The molecule has 0 unspecified atom stereocenters. The van der Waals surface area contributed by atoms with Crippen molar-refractivity contribution in [3.8, 4) is 0 Å². The molecule has 11 heavy (non-hydrogen) atoms. The number of hydrogen-bond donors (Lipinski definition) is 0. The molecule has 2 heterocycles. The molecule has 0 saturated carbocycles. The van der Waals surface area contributed by atoms with E-state index < -0.39 is 0 Å². The van der Waals surface area contributed by atoms with Crippen LogP contribution in [0.4, 0.5) is 0 Å². The molecule has 2 rings (SSSR count). The molecule has 0 fully saturated rings. The van der Waals surface area contributed by atoms with E-state index in [4.69, 9.17) is 0 Å². The van der Waals surface area contributed by atoms with Crippen molar-refractivity contribution < 1.29 is 0 Å². The molecule has 0 saturated heterocycles. The molecule has 0 spiro atoms. The summed E-state index contributed by atoms with van der Waals surface area (Å²) < 4.78 is 2.29. The third kappa shape index (κ3) is 0.971. The summed E-state index contributed by atoms with van der Waals surface area (Å²) in [6.07, 6.45) is 4.52. The Labute approximate surface area is 67.3 Å². The number of imidazole rings is 1. The van der Waals surface area contributed by atoms with Crippen LogP contribution in [0.3, 0.4) is 0 Å². The van der Waals surface area contributed by atoms with Gasteiger partial charge in [-0.25, -0.2) is 4.98 Å². The number of rotatable bonds is 1. The Morgan fingerprint density at radius 1 is 1.55 bits per heavy atom. The summed E-state index contributed by atoms with van der Waals surface area (Å²) in [5.74, 6) is 0.587. The SMILES string of the molecule is CC(C)c1ncn2c1CCC2. The van der Waals surface area contributed by atoms with Gasteiger partial charge in [0.2, 0.25) is 0 Å². The van der Waals surface area contributed by atoms with Crippen LogP contribution < -0.4 is 0 Å². The van der Waals surface area contributed by atoms with Gasteiger partial charge < -0.3 is 4.57 Å². The molecule has 0 atom stereocenters. The second-order valence-corrected chi connectivity index (χ2v) is 3.53. The number of hydrogen-bond acceptors (Lipinski definition) is 1. The van der Waals surface area contributed by atoms with Crippen LogP contribution in [0.5, 0.6) is 0 Å². The first-order valence-electron chi connectivity index (χ1n) is 4.33. The number of fused-ring (bicyclic) bond motifs is 1. The molecule has 60 valence electrons. The van der Waals surface area contributed by atoms with Crippen LogP contribution in [-0.2, 0) is 13.0 Å². The van der Waals surface area contributed by atoms with Gasteiger partial charge in [-0.2, -0.15) is 0 Å². The van der Waals surface area contributed by atoms with Crippen LogP contribution in [0.25, 0.3) is 0 Å². The molecule has 1 aromatic rings. The zero-order chi connectivity index (χ0) is 7.84. The van der Waals surface area contributed by atoms with Gasteiger partial charge in [0.05, 0.1) is 12.0 Å². The van der Waals surface area contributed by atoms with Crippen molar-refractivity contribution in [2.75, 3.05) is 0 Å². The smallest absolute Gasteiger partial charge is 0.0951 e. The first kappa shape index (κ1) is 6.89. The molecule has 1 aliphatic rings. The highest BCUT2D eigenvalue weighted by Gasteiger charge is 2.17. The van der Waals surface area contributed by atoms with E-state index >= 15 is 0 Å². The Hall–Kier alpha value is -0.790. The topological polar surface area (TPSA) is 17.8 Å². The van der Waals surface area contributed by atoms with E-state index in [-0.39, 0.29) is 0 Å². The van der Waals surface area contributed by atoms with Gasteiger partial charge in [0, 0.05) is 12.2 Å². The zero-order valence-corrected chi connectivity index (χ0v) is 7.17. The average molecular weight is 150 g/mol. The van der Waals surface area contributed by atoms with E-state index in [0.717, 1.165) is 0 Å².